The van der Waals surface area contributed by atoms with Crippen molar-refractivity contribution in [2.24, 2.45) is 0 Å². The van der Waals surface area contributed by atoms with Crippen LogP contribution in [0.2, 0.25) is 0 Å². The van der Waals surface area contributed by atoms with Crippen LogP contribution in [0.3, 0.4) is 0 Å². The molecule has 2 heterocycles. The maximum absolute atomic E-state index is 12.8. The van der Waals surface area contributed by atoms with Crippen molar-refractivity contribution in [3.63, 3.8) is 0 Å². The highest BCUT2D eigenvalue weighted by Crippen LogP contribution is 2.36. The van der Waals surface area contributed by atoms with E-state index in [1.807, 2.05) is 11.3 Å². The molecule has 2 atom stereocenters. The normalized spacial score (nSPS) is 28.1. The highest BCUT2D eigenvalue weighted by Gasteiger charge is 2.42. The van der Waals surface area contributed by atoms with Crippen LogP contribution >= 0.6 is 11.3 Å². The summed E-state index contributed by atoms with van der Waals surface area (Å²) in [6.45, 7) is 4.24. The van der Waals surface area contributed by atoms with E-state index in [0.29, 0.717) is 11.9 Å². The SMILES string of the molecule is CCC1NC(c2ccc(C)s2)N(C2CCCCCC2)C1=O. The second-order valence-corrected chi connectivity index (χ2v) is 7.69. The first-order valence-corrected chi connectivity index (χ1v) is 9.17. The van der Waals surface area contributed by atoms with Crippen LogP contribution in [0.25, 0.3) is 0 Å². The van der Waals surface area contributed by atoms with Crippen molar-refractivity contribution in [1.82, 2.24) is 10.2 Å². The molecule has 116 valence electrons. The highest BCUT2D eigenvalue weighted by atomic mass is 32.1. The van der Waals surface area contributed by atoms with E-state index < -0.39 is 0 Å². The average molecular weight is 306 g/mol. The quantitative estimate of drug-likeness (QED) is 0.856. The van der Waals surface area contributed by atoms with Crippen molar-refractivity contribution in [2.45, 2.75) is 77.0 Å². The molecule has 1 saturated carbocycles. The Balaban J connectivity index is 1.86. The Bertz CT molecular complexity index is 491. The van der Waals surface area contributed by atoms with E-state index >= 15 is 0 Å². The molecule has 0 bridgehead atoms. The Labute approximate surface area is 131 Å². The molecule has 1 N–H and O–H groups in total. The summed E-state index contributed by atoms with van der Waals surface area (Å²) in [7, 11) is 0. The topological polar surface area (TPSA) is 32.3 Å². The molecule has 1 aliphatic carbocycles. The molecule has 1 aromatic rings. The van der Waals surface area contributed by atoms with Gasteiger partial charge in [-0.1, -0.05) is 32.6 Å². The standard InChI is InChI=1S/C17H26N2OS/c1-3-14-17(20)19(13-8-6-4-5-7-9-13)16(18-14)15-11-10-12(2)21-15/h10-11,13-14,16,18H,3-9H2,1-2H3. The maximum atomic E-state index is 12.8. The van der Waals surface area contributed by atoms with Gasteiger partial charge < -0.3 is 4.90 Å². The van der Waals surface area contributed by atoms with E-state index in [-0.39, 0.29) is 12.2 Å². The van der Waals surface area contributed by atoms with Gasteiger partial charge >= 0.3 is 0 Å². The summed E-state index contributed by atoms with van der Waals surface area (Å²) in [5, 5.41) is 3.57. The summed E-state index contributed by atoms with van der Waals surface area (Å²) in [4.78, 5) is 17.6. The average Bonchev–Trinajstić information content (AvgIpc) is 2.93. The summed E-state index contributed by atoms with van der Waals surface area (Å²) in [5.41, 5.74) is 0. The van der Waals surface area contributed by atoms with Gasteiger partial charge in [0.05, 0.1) is 6.04 Å². The number of hydrogen-bond donors (Lipinski definition) is 1. The van der Waals surface area contributed by atoms with Gasteiger partial charge in [-0.3, -0.25) is 10.1 Å². The number of hydrogen-bond acceptors (Lipinski definition) is 3. The van der Waals surface area contributed by atoms with E-state index in [1.54, 1.807) is 0 Å². The predicted molar refractivity (Wildman–Crippen MR) is 87.3 cm³/mol. The van der Waals surface area contributed by atoms with Crippen LogP contribution in [0.5, 0.6) is 0 Å². The van der Waals surface area contributed by atoms with Crippen LogP contribution < -0.4 is 5.32 Å². The maximum Gasteiger partial charge on any atom is 0.241 e. The molecule has 1 amide bonds. The first-order valence-electron chi connectivity index (χ1n) is 8.35. The molecule has 0 spiro atoms. The fourth-order valence-electron chi connectivity index (χ4n) is 3.69. The summed E-state index contributed by atoms with van der Waals surface area (Å²) < 4.78 is 0. The molecule has 2 unspecified atom stereocenters. The third-order valence-corrected chi connectivity index (χ3v) is 5.90. The Morgan fingerprint density at radius 1 is 1.24 bits per heavy atom. The fourth-order valence-corrected chi connectivity index (χ4v) is 4.63. The third kappa shape index (κ3) is 3.02. The molecule has 21 heavy (non-hydrogen) atoms. The molecule has 1 aromatic heterocycles. The number of rotatable bonds is 3. The third-order valence-electron chi connectivity index (χ3n) is 4.85. The molecule has 3 nitrogen and oxygen atoms in total. The van der Waals surface area contributed by atoms with Gasteiger partial charge in [-0.25, -0.2) is 0 Å². The van der Waals surface area contributed by atoms with Gasteiger partial charge in [-0.05, 0) is 38.3 Å². The minimum absolute atomic E-state index is 0.000610. The summed E-state index contributed by atoms with van der Waals surface area (Å²) in [6.07, 6.45) is 8.50. The molecular weight excluding hydrogens is 280 g/mol. The molecule has 2 fully saturated rings. The lowest BCUT2D eigenvalue weighted by Gasteiger charge is -2.31. The van der Waals surface area contributed by atoms with Gasteiger partial charge in [0.2, 0.25) is 5.91 Å². The summed E-state index contributed by atoms with van der Waals surface area (Å²) >= 11 is 1.82. The zero-order valence-corrected chi connectivity index (χ0v) is 13.9. The molecule has 0 radical (unpaired) electrons. The lowest BCUT2D eigenvalue weighted by molar-refractivity contribution is -0.132. The highest BCUT2D eigenvalue weighted by molar-refractivity contribution is 7.12. The number of aryl methyl sites for hydroxylation is 1. The number of carbonyl (C=O) groups excluding carboxylic acids is 1. The zero-order chi connectivity index (χ0) is 14.8. The minimum Gasteiger partial charge on any atom is -0.318 e. The minimum atomic E-state index is 0.000610. The van der Waals surface area contributed by atoms with Crippen LogP contribution in [-0.2, 0) is 4.79 Å². The second kappa shape index (κ2) is 6.49. The lowest BCUT2D eigenvalue weighted by atomic mass is 10.1. The van der Waals surface area contributed by atoms with Crippen molar-refractivity contribution in [1.29, 1.82) is 0 Å². The Morgan fingerprint density at radius 2 is 1.95 bits per heavy atom. The summed E-state index contributed by atoms with van der Waals surface area (Å²) in [5.74, 6) is 0.320. The van der Waals surface area contributed by atoms with E-state index in [4.69, 9.17) is 0 Å². The molecule has 3 rings (SSSR count). The lowest BCUT2D eigenvalue weighted by Crippen LogP contribution is -2.39. The van der Waals surface area contributed by atoms with E-state index in [2.05, 4.69) is 36.2 Å². The number of carbonyl (C=O) groups is 1. The monoisotopic (exact) mass is 306 g/mol. The largest absolute Gasteiger partial charge is 0.318 e. The predicted octanol–water partition coefficient (Wildman–Crippen LogP) is 3.99. The number of nitrogens with one attached hydrogen (secondary N) is 1. The molecule has 4 heteroatoms. The Kier molecular flexibility index (Phi) is 4.65. The Morgan fingerprint density at radius 3 is 2.52 bits per heavy atom. The van der Waals surface area contributed by atoms with Gasteiger partial charge in [0.15, 0.2) is 0 Å². The van der Waals surface area contributed by atoms with Crippen molar-refractivity contribution < 1.29 is 4.79 Å². The van der Waals surface area contributed by atoms with E-state index in [0.717, 1.165) is 6.42 Å². The molecule has 2 aliphatic rings. The molecule has 1 saturated heterocycles. The van der Waals surface area contributed by atoms with E-state index in [1.165, 1.54) is 48.3 Å². The number of amides is 1. The van der Waals surface area contributed by atoms with Crippen molar-refractivity contribution in [3.05, 3.63) is 21.9 Å². The van der Waals surface area contributed by atoms with Gasteiger partial charge in [0, 0.05) is 15.8 Å². The Hall–Kier alpha value is -0.870. The van der Waals surface area contributed by atoms with E-state index in [9.17, 15) is 4.79 Å². The van der Waals surface area contributed by atoms with Gasteiger partial charge in [-0.2, -0.15) is 0 Å². The first kappa shape index (κ1) is 15.0. The molecule has 0 aromatic carbocycles. The fraction of sp³-hybridized carbons (Fsp3) is 0.706. The van der Waals surface area contributed by atoms with Crippen LogP contribution in [-0.4, -0.2) is 22.9 Å². The van der Waals surface area contributed by atoms with Gasteiger partial charge in [0.25, 0.3) is 0 Å². The second-order valence-electron chi connectivity index (χ2n) is 6.37. The van der Waals surface area contributed by atoms with Gasteiger partial charge in [0.1, 0.15) is 6.17 Å². The smallest absolute Gasteiger partial charge is 0.241 e. The number of nitrogens with zero attached hydrogens (tertiary/aromatic N) is 1. The van der Waals surface area contributed by atoms with Crippen molar-refractivity contribution in [2.75, 3.05) is 0 Å². The van der Waals surface area contributed by atoms with Gasteiger partial charge in [-0.15, -0.1) is 11.3 Å². The van der Waals surface area contributed by atoms with Crippen LogP contribution in [0.4, 0.5) is 0 Å². The molecular formula is C17H26N2OS. The summed E-state index contributed by atoms with van der Waals surface area (Å²) in [6, 6.07) is 4.78. The van der Waals surface area contributed by atoms with Crippen LogP contribution in [0.1, 0.15) is 67.8 Å². The number of thiophene rings is 1. The zero-order valence-electron chi connectivity index (χ0n) is 13.1. The van der Waals surface area contributed by atoms with Crippen LogP contribution in [0.15, 0.2) is 12.1 Å². The van der Waals surface area contributed by atoms with Crippen LogP contribution in [0, 0.1) is 6.92 Å². The van der Waals surface area contributed by atoms with Crippen molar-refractivity contribution in [3.8, 4) is 0 Å². The first-order chi connectivity index (χ1) is 10.2. The van der Waals surface area contributed by atoms with Crippen molar-refractivity contribution >= 4 is 17.2 Å². The molecule has 1 aliphatic heterocycles.